The second kappa shape index (κ2) is 7.72. The highest BCUT2D eigenvalue weighted by Crippen LogP contribution is 2.30. The zero-order chi connectivity index (χ0) is 21.3. The number of halogens is 4. The van der Waals surface area contributed by atoms with Gasteiger partial charge in [0.1, 0.15) is 18.1 Å². The summed E-state index contributed by atoms with van der Waals surface area (Å²) in [5.41, 5.74) is -3.80. The number of ether oxygens (including phenoxy) is 1. The molecule has 0 aliphatic carbocycles. The van der Waals surface area contributed by atoms with Gasteiger partial charge in [-0.2, -0.15) is 13.2 Å². The van der Waals surface area contributed by atoms with Crippen molar-refractivity contribution in [2.45, 2.75) is 33.0 Å². The first-order valence-corrected chi connectivity index (χ1v) is 8.79. The molecule has 0 radical (unpaired) electrons. The van der Waals surface area contributed by atoms with Gasteiger partial charge in [0.25, 0.3) is 5.56 Å². The highest BCUT2D eigenvalue weighted by molar-refractivity contribution is 6.03. The molecule has 29 heavy (non-hydrogen) atoms. The molecule has 3 rings (SSSR count). The molecule has 0 saturated carbocycles. The molecule has 0 bridgehead atoms. The Balaban J connectivity index is 2.28. The summed E-state index contributed by atoms with van der Waals surface area (Å²) in [5, 5.41) is 3.93. The highest BCUT2D eigenvalue weighted by atomic mass is 19.4. The minimum atomic E-state index is -4.91. The number of hydrogen-bond acceptors (Lipinski definition) is 5. The van der Waals surface area contributed by atoms with Gasteiger partial charge in [0.2, 0.25) is 0 Å². The monoisotopic (exact) mass is 415 g/mol. The lowest BCUT2D eigenvalue weighted by molar-refractivity contribution is -0.144. The predicted molar refractivity (Wildman–Crippen MR) is 95.2 cm³/mol. The highest BCUT2D eigenvalue weighted by Gasteiger charge is 2.36. The molecule has 11 heteroatoms. The van der Waals surface area contributed by atoms with Crippen molar-refractivity contribution in [1.29, 1.82) is 0 Å². The molecule has 156 valence electrons. The van der Waals surface area contributed by atoms with Gasteiger partial charge < -0.3 is 9.57 Å². The Labute approximate surface area is 161 Å². The van der Waals surface area contributed by atoms with Crippen molar-refractivity contribution in [1.82, 2.24) is 9.13 Å². The summed E-state index contributed by atoms with van der Waals surface area (Å²) in [6.07, 6.45) is -4.58. The molecule has 1 aliphatic heterocycles. The molecule has 0 fully saturated rings. The van der Waals surface area contributed by atoms with E-state index in [0.717, 1.165) is 12.1 Å². The lowest BCUT2D eigenvalue weighted by Gasteiger charge is -2.21. The van der Waals surface area contributed by atoms with Crippen molar-refractivity contribution >= 4 is 5.71 Å². The van der Waals surface area contributed by atoms with Crippen LogP contribution in [0.2, 0.25) is 0 Å². The molecule has 0 atom stereocenters. The fourth-order valence-electron chi connectivity index (χ4n) is 3.03. The summed E-state index contributed by atoms with van der Waals surface area (Å²) < 4.78 is 60.3. The van der Waals surface area contributed by atoms with E-state index in [4.69, 9.17) is 9.57 Å². The molecule has 2 aromatic rings. The van der Waals surface area contributed by atoms with E-state index < -0.39 is 34.6 Å². The second-order valence-electron chi connectivity index (χ2n) is 6.08. The third-order valence-corrected chi connectivity index (χ3v) is 4.30. The molecule has 1 aromatic heterocycles. The van der Waals surface area contributed by atoms with E-state index in [1.54, 1.807) is 6.92 Å². The van der Waals surface area contributed by atoms with Gasteiger partial charge in [0, 0.05) is 30.7 Å². The Kier molecular flexibility index (Phi) is 5.49. The van der Waals surface area contributed by atoms with Gasteiger partial charge in [-0.25, -0.2) is 13.8 Å². The van der Waals surface area contributed by atoms with Gasteiger partial charge in [-0.05, 0) is 19.9 Å². The van der Waals surface area contributed by atoms with Crippen molar-refractivity contribution in [3.05, 3.63) is 56.1 Å². The minimum absolute atomic E-state index is 0.131. The van der Waals surface area contributed by atoms with E-state index in [1.807, 2.05) is 0 Å². The number of oxime groups is 1. The smallest absolute Gasteiger partial charge is 0.431 e. The van der Waals surface area contributed by atoms with Crippen LogP contribution < -0.4 is 16.0 Å². The Morgan fingerprint density at radius 3 is 2.55 bits per heavy atom. The quantitative estimate of drug-likeness (QED) is 0.569. The molecule has 7 nitrogen and oxygen atoms in total. The number of aromatic nitrogens is 2. The predicted octanol–water partition coefficient (Wildman–Crippen LogP) is 2.70. The number of rotatable bonds is 4. The van der Waals surface area contributed by atoms with E-state index in [9.17, 15) is 27.2 Å². The molecule has 0 saturated heterocycles. The first-order chi connectivity index (χ1) is 13.7. The summed E-state index contributed by atoms with van der Waals surface area (Å²) in [4.78, 5) is 30.0. The maximum Gasteiger partial charge on any atom is 0.431 e. The topological polar surface area (TPSA) is 74.8 Å². The first-order valence-electron chi connectivity index (χ1n) is 8.79. The Bertz CT molecular complexity index is 1090. The molecule has 0 N–H and O–H groups in total. The average molecular weight is 415 g/mol. The van der Waals surface area contributed by atoms with Crippen LogP contribution in [-0.4, -0.2) is 28.1 Å². The maximum atomic E-state index is 14.7. The molecular formula is C18H17F4N3O4. The van der Waals surface area contributed by atoms with Gasteiger partial charge >= 0.3 is 11.9 Å². The summed E-state index contributed by atoms with van der Waals surface area (Å²) in [6.45, 7) is 3.18. The van der Waals surface area contributed by atoms with Crippen LogP contribution in [0.4, 0.5) is 17.6 Å². The third-order valence-electron chi connectivity index (χ3n) is 4.30. The van der Waals surface area contributed by atoms with Crippen LogP contribution in [0, 0.1) is 5.82 Å². The fourth-order valence-corrected chi connectivity index (χ4v) is 3.03. The van der Waals surface area contributed by atoms with Crippen molar-refractivity contribution in [2.24, 2.45) is 5.16 Å². The Morgan fingerprint density at radius 2 is 1.93 bits per heavy atom. The van der Waals surface area contributed by atoms with Crippen molar-refractivity contribution in [3.8, 4) is 11.4 Å². The summed E-state index contributed by atoms with van der Waals surface area (Å²) in [7, 11) is 0. The molecule has 1 aliphatic rings. The van der Waals surface area contributed by atoms with Crippen LogP contribution >= 0.6 is 0 Å². The molecule has 2 heterocycles. The van der Waals surface area contributed by atoms with Crippen molar-refractivity contribution in [3.63, 3.8) is 0 Å². The zero-order valence-electron chi connectivity index (χ0n) is 15.5. The Morgan fingerprint density at radius 1 is 1.21 bits per heavy atom. The van der Waals surface area contributed by atoms with Crippen LogP contribution in [0.25, 0.3) is 5.69 Å². The van der Waals surface area contributed by atoms with E-state index in [2.05, 4.69) is 5.16 Å². The van der Waals surface area contributed by atoms with E-state index in [0.29, 0.717) is 21.3 Å². The number of fused-ring (bicyclic) bond motifs is 1. The van der Waals surface area contributed by atoms with E-state index in [-0.39, 0.29) is 37.1 Å². The Hall–Kier alpha value is -3.11. The SMILES string of the molecule is CCO/N=C1\CCOc2cc(F)c(-n3c(=O)cc(C(F)(F)F)n(CC)c3=O)cc21. The van der Waals surface area contributed by atoms with Crippen LogP contribution in [0.5, 0.6) is 5.75 Å². The molecule has 0 amide bonds. The minimum Gasteiger partial charge on any atom is -0.492 e. The van der Waals surface area contributed by atoms with Gasteiger partial charge in [0.05, 0.1) is 18.0 Å². The standard InChI is InChI=1S/C18H17F4N3O4/c1-3-24-15(18(20,21)22)9-16(26)25(17(24)27)13-7-10-12(23-29-4-2)5-6-28-14(10)8-11(13)19/h7-9H,3-6H2,1-2H3/b23-12+. The summed E-state index contributed by atoms with van der Waals surface area (Å²) in [6, 6.07) is 2.39. The largest absolute Gasteiger partial charge is 0.492 e. The van der Waals surface area contributed by atoms with Gasteiger partial charge in [0.15, 0.2) is 5.82 Å². The third kappa shape index (κ3) is 3.76. The first kappa shape index (κ1) is 20.6. The van der Waals surface area contributed by atoms with Crippen molar-refractivity contribution in [2.75, 3.05) is 13.2 Å². The van der Waals surface area contributed by atoms with Crippen LogP contribution in [0.1, 0.15) is 31.5 Å². The second-order valence-corrected chi connectivity index (χ2v) is 6.08. The van der Waals surface area contributed by atoms with Gasteiger partial charge in [-0.15, -0.1) is 0 Å². The van der Waals surface area contributed by atoms with Gasteiger partial charge in [-0.3, -0.25) is 9.36 Å². The number of benzene rings is 1. The summed E-state index contributed by atoms with van der Waals surface area (Å²) >= 11 is 0. The molecular weight excluding hydrogens is 398 g/mol. The molecule has 0 spiro atoms. The summed E-state index contributed by atoms with van der Waals surface area (Å²) in [5.74, 6) is -0.866. The normalized spacial score (nSPS) is 15.2. The van der Waals surface area contributed by atoms with Crippen molar-refractivity contribution < 1.29 is 27.1 Å². The zero-order valence-corrected chi connectivity index (χ0v) is 15.5. The van der Waals surface area contributed by atoms with E-state index >= 15 is 0 Å². The lowest BCUT2D eigenvalue weighted by Crippen LogP contribution is -2.42. The lowest BCUT2D eigenvalue weighted by atomic mass is 10.0. The van der Waals surface area contributed by atoms with Crippen LogP contribution in [0.15, 0.2) is 32.9 Å². The molecule has 1 aromatic carbocycles. The molecule has 0 unspecified atom stereocenters. The number of alkyl halides is 3. The number of nitrogens with zero attached hydrogens (tertiary/aromatic N) is 3. The van der Waals surface area contributed by atoms with E-state index in [1.165, 1.54) is 6.92 Å². The van der Waals surface area contributed by atoms with Gasteiger partial charge in [-0.1, -0.05) is 5.16 Å². The maximum absolute atomic E-state index is 14.7. The van der Waals surface area contributed by atoms with Crippen LogP contribution in [0.3, 0.4) is 0 Å². The number of hydrogen-bond donors (Lipinski definition) is 0. The van der Waals surface area contributed by atoms with Crippen LogP contribution in [-0.2, 0) is 17.6 Å². The fraction of sp³-hybridized carbons (Fsp3) is 0.389. The average Bonchev–Trinajstić information content (AvgIpc) is 2.65.